The van der Waals surface area contributed by atoms with E-state index in [0.717, 1.165) is 22.6 Å². The van der Waals surface area contributed by atoms with Gasteiger partial charge in [0.05, 0.1) is 7.11 Å². The van der Waals surface area contributed by atoms with Gasteiger partial charge in [-0.1, -0.05) is 43.0 Å². The molecular weight excluding hydrogens is 224 g/mol. The Morgan fingerprint density at radius 1 is 1.11 bits per heavy atom. The molecule has 0 aliphatic heterocycles. The molecule has 0 saturated carbocycles. The maximum Gasteiger partial charge on any atom is 0.127 e. The van der Waals surface area contributed by atoms with Crippen molar-refractivity contribution in [2.45, 2.75) is 6.61 Å². The van der Waals surface area contributed by atoms with Gasteiger partial charge in [0.25, 0.3) is 0 Å². The Morgan fingerprint density at radius 2 is 1.89 bits per heavy atom. The minimum Gasteiger partial charge on any atom is -0.497 e. The highest BCUT2D eigenvalue weighted by molar-refractivity contribution is 5.58. The minimum absolute atomic E-state index is 0.550. The molecule has 0 aromatic heterocycles. The van der Waals surface area contributed by atoms with Gasteiger partial charge in [0.15, 0.2) is 0 Å². The lowest BCUT2D eigenvalue weighted by molar-refractivity contribution is 0.305. The third kappa shape index (κ3) is 2.92. The van der Waals surface area contributed by atoms with Crippen molar-refractivity contribution in [1.29, 1.82) is 0 Å². The van der Waals surface area contributed by atoms with Gasteiger partial charge in [-0.25, -0.2) is 0 Å². The molecule has 2 heteroatoms. The van der Waals surface area contributed by atoms with Crippen LogP contribution in [0.3, 0.4) is 0 Å². The largest absolute Gasteiger partial charge is 0.497 e. The average molecular weight is 240 g/mol. The van der Waals surface area contributed by atoms with Crippen LogP contribution in [0, 0.1) is 0 Å². The van der Waals surface area contributed by atoms with Crippen LogP contribution >= 0.6 is 0 Å². The van der Waals surface area contributed by atoms with Crippen molar-refractivity contribution in [2.75, 3.05) is 7.11 Å². The first-order chi connectivity index (χ1) is 8.83. The highest BCUT2D eigenvalue weighted by Crippen LogP contribution is 2.25. The summed E-state index contributed by atoms with van der Waals surface area (Å²) in [5.74, 6) is 1.62. The van der Waals surface area contributed by atoms with Crippen molar-refractivity contribution in [2.24, 2.45) is 0 Å². The predicted molar refractivity (Wildman–Crippen MR) is 73.9 cm³/mol. The topological polar surface area (TPSA) is 18.5 Å². The fraction of sp³-hybridized carbons (Fsp3) is 0.125. The highest BCUT2D eigenvalue weighted by Gasteiger charge is 2.03. The lowest BCUT2D eigenvalue weighted by atomic mass is 10.2. The van der Waals surface area contributed by atoms with Crippen LogP contribution in [-0.4, -0.2) is 7.11 Å². The second-order valence-corrected chi connectivity index (χ2v) is 3.88. The Hall–Kier alpha value is -2.22. The Balaban J connectivity index is 2.12. The van der Waals surface area contributed by atoms with E-state index in [9.17, 15) is 0 Å². The molecule has 2 rings (SSSR count). The summed E-state index contributed by atoms with van der Waals surface area (Å²) in [5.41, 5.74) is 2.08. The fourth-order valence-electron chi connectivity index (χ4n) is 1.68. The molecule has 2 aromatic rings. The van der Waals surface area contributed by atoms with E-state index in [2.05, 4.69) is 6.58 Å². The molecule has 0 spiro atoms. The first-order valence-electron chi connectivity index (χ1n) is 5.80. The van der Waals surface area contributed by atoms with Gasteiger partial charge in [-0.15, -0.1) is 0 Å². The van der Waals surface area contributed by atoms with Gasteiger partial charge in [-0.2, -0.15) is 0 Å². The van der Waals surface area contributed by atoms with E-state index in [-0.39, 0.29) is 0 Å². The van der Waals surface area contributed by atoms with Gasteiger partial charge in [0.2, 0.25) is 0 Å². The molecule has 2 nitrogen and oxygen atoms in total. The summed E-state index contributed by atoms with van der Waals surface area (Å²) < 4.78 is 11.0. The van der Waals surface area contributed by atoms with Crippen LogP contribution in [0.25, 0.3) is 6.08 Å². The van der Waals surface area contributed by atoms with Crippen molar-refractivity contribution in [3.05, 3.63) is 66.2 Å². The van der Waals surface area contributed by atoms with Crippen LogP contribution < -0.4 is 9.47 Å². The number of hydrogen-bond acceptors (Lipinski definition) is 2. The van der Waals surface area contributed by atoms with Gasteiger partial charge in [0, 0.05) is 5.56 Å². The summed E-state index contributed by atoms with van der Waals surface area (Å²) in [6.45, 7) is 4.34. The van der Waals surface area contributed by atoms with Crippen LogP contribution in [0.15, 0.2) is 55.1 Å². The van der Waals surface area contributed by atoms with E-state index in [1.807, 2.05) is 48.5 Å². The summed E-state index contributed by atoms with van der Waals surface area (Å²) in [7, 11) is 1.65. The predicted octanol–water partition coefficient (Wildman–Crippen LogP) is 3.92. The van der Waals surface area contributed by atoms with E-state index >= 15 is 0 Å². The summed E-state index contributed by atoms with van der Waals surface area (Å²) in [6.07, 6.45) is 1.77. The molecule has 18 heavy (non-hydrogen) atoms. The zero-order valence-corrected chi connectivity index (χ0v) is 10.4. The third-order valence-electron chi connectivity index (χ3n) is 2.67. The quantitative estimate of drug-likeness (QED) is 0.788. The summed E-state index contributed by atoms with van der Waals surface area (Å²) in [6, 6.07) is 15.8. The molecule has 0 N–H and O–H groups in total. The molecule has 0 saturated heterocycles. The average Bonchev–Trinajstić information content (AvgIpc) is 2.46. The number of rotatable bonds is 5. The molecule has 0 atom stereocenters. The van der Waals surface area contributed by atoms with Crippen molar-refractivity contribution in [1.82, 2.24) is 0 Å². The standard InChI is InChI=1S/C16H16O2/c1-3-14-11-15(17-2)9-10-16(14)18-12-13-7-5-4-6-8-13/h3-11H,1,12H2,2H3. The fourth-order valence-corrected chi connectivity index (χ4v) is 1.68. The highest BCUT2D eigenvalue weighted by atomic mass is 16.5. The van der Waals surface area contributed by atoms with Gasteiger partial charge >= 0.3 is 0 Å². The first kappa shape index (κ1) is 12.2. The van der Waals surface area contributed by atoms with Gasteiger partial charge in [0.1, 0.15) is 18.1 Å². The normalized spacial score (nSPS) is 9.83. The maximum absolute atomic E-state index is 5.79. The summed E-state index contributed by atoms with van der Waals surface area (Å²) in [5, 5.41) is 0. The molecule has 0 aliphatic carbocycles. The van der Waals surface area contributed by atoms with E-state index in [1.54, 1.807) is 13.2 Å². The lowest BCUT2D eigenvalue weighted by Crippen LogP contribution is -1.97. The summed E-state index contributed by atoms with van der Waals surface area (Å²) >= 11 is 0. The second kappa shape index (κ2) is 5.92. The molecule has 0 fully saturated rings. The SMILES string of the molecule is C=Cc1cc(OC)ccc1OCc1ccccc1. The smallest absolute Gasteiger partial charge is 0.127 e. The molecule has 92 valence electrons. The third-order valence-corrected chi connectivity index (χ3v) is 2.67. The molecule has 0 aliphatic rings. The summed E-state index contributed by atoms with van der Waals surface area (Å²) in [4.78, 5) is 0. The number of ether oxygens (including phenoxy) is 2. The molecular formula is C16H16O2. The number of hydrogen-bond donors (Lipinski definition) is 0. The Kier molecular flexibility index (Phi) is 4.02. The van der Waals surface area contributed by atoms with Crippen LogP contribution in [0.2, 0.25) is 0 Å². The Labute approximate surface area is 107 Å². The zero-order chi connectivity index (χ0) is 12.8. The zero-order valence-electron chi connectivity index (χ0n) is 10.4. The minimum atomic E-state index is 0.550. The van der Waals surface area contributed by atoms with Crippen molar-refractivity contribution >= 4 is 6.08 Å². The Bertz CT molecular complexity index is 518. The molecule has 0 bridgehead atoms. The van der Waals surface area contributed by atoms with Gasteiger partial charge in [-0.3, -0.25) is 0 Å². The monoisotopic (exact) mass is 240 g/mol. The van der Waals surface area contributed by atoms with Crippen LogP contribution in [0.5, 0.6) is 11.5 Å². The van der Waals surface area contributed by atoms with E-state index in [0.29, 0.717) is 6.61 Å². The van der Waals surface area contributed by atoms with Crippen LogP contribution in [0.4, 0.5) is 0 Å². The van der Waals surface area contributed by atoms with Crippen LogP contribution in [-0.2, 0) is 6.61 Å². The van der Waals surface area contributed by atoms with Crippen molar-refractivity contribution < 1.29 is 9.47 Å². The Morgan fingerprint density at radius 3 is 2.56 bits per heavy atom. The maximum atomic E-state index is 5.79. The van der Waals surface area contributed by atoms with E-state index in [4.69, 9.17) is 9.47 Å². The lowest BCUT2D eigenvalue weighted by Gasteiger charge is -2.10. The van der Waals surface area contributed by atoms with Crippen molar-refractivity contribution in [3.8, 4) is 11.5 Å². The van der Waals surface area contributed by atoms with E-state index in [1.165, 1.54) is 0 Å². The number of benzene rings is 2. The molecule has 0 amide bonds. The first-order valence-corrected chi connectivity index (χ1v) is 5.80. The van der Waals surface area contributed by atoms with Gasteiger partial charge < -0.3 is 9.47 Å². The molecule has 0 heterocycles. The second-order valence-electron chi connectivity index (χ2n) is 3.88. The van der Waals surface area contributed by atoms with Crippen molar-refractivity contribution in [3.63, 3.8) is 0 Å². The van der Waals surface area contributed by atoms with E-state index < -0.39 is 0 Å². The van der Waals surface area contributed by atoms with Gasteiger partial charge in [-0.05, 0) is 23.8 Å². The molecule has 0 unspecified atom stereocenters. The number of methoxy groups -OCH3 is 1. The molecule has 2 aromatic carbocycles. The van der Waals surface area contributed by atoms with Crippen LogP contribution in [0.1, 0.15) is 11.1 Å². The molecule has 0 radical (unpaired) electrons.